The van der Waals surface area contributed by atoms with Gasteiger partial charge in [-0.15, -0.1) is 0 Å². The monoisotopic (exact) mass is 438 g/mol. The second-order valence-corrected chi connectivity index (χ2v) is 5.82. The highest BCUT2D eigenvalue weighted by Gasteiger charge is 2.06. The molecule has 0 unspecified atom stereocenters. The van der Waals surface area contributed by atoms with Crippen LogP contribution in [0.15, 0.2) is 28.9 Å². The number of rotatable bonds is 3. The number of nitrogens with one attached hydrogen (secondary N) is 2. The minimum Gasteiger partial charge on any atom is -0.357 e. The highest BCUT2D eigenvalue weighted by molar-refractivity contribution is 14.1. The van der Waals surface area contributed by atoms with E-state index < -0.39 is 0 Å². The van der Waals surface area contributed by atoms with E-state index in [0.29, 0.717) is 16.8 Å². The molecule has 2 rings (SSSR count). The van der Waals surface area contributed by atoms with Crippen LogP contribution in [0.5, 0.6) is 0 Å². The Kier molecular flexibility index (Phi) is 4.63. The lowest BCUT2D eigenvalue weighted by atomic mass is 10.3. The van der Waals surface area contributed by atoms with Crippen LogP contribution in [0.4, 0.5) is 17.5 Å². The summed E-state index contributed by atoms with van der Waals surface area (Å²) in [4.78, 5) is 8.28. The number of anilines is 3. The molecule has 0 spiro atoms. The lowest BCUT2D eigenvalue weighted by Crippen LogP contribution is -2.01. The number of aromatic nitrogens is 2. The molecule has 0 bridgehead atoms. The summed E-state index contributed by atoms with van der Waals surface area (Å²) in [5, 5.41) is 6.50. The van der Waals surface area contributed by atoms with Gasteiger partial charge in [0, 0.05) is 20.8 Å². The molecule has 2 N–H and O–H groups in total. The van der Waals surface area contributed by atoms with Crippen molar-refractivity contribution in [3.05, 3.63) is 37.5 Å². The summed E-state index contributed by atoms with van der Waals surface area (Å²) in [6.45, 7) is 0. The van der Waals surface area contributed by atoms with E-state index in [0.717, 1.165) is 13.7 Å². The average Bonchev–Trinajstić information content (AvgIpc) is 2.36. The molecular formula is C11H9BrClIN4. The van der Waals surface area contributed by atoms with Crippen LogP contribution in [0.3, 0.4) is 0 Å². The SMILES string of the molecule is CNc1ncc(Cl)c(Nc2ccc(I)c(Br)c2)n1. The van der Waals surface area contributed by atoms with Crippen molar-refractivity contribution in [1.82, 2.24) is 9.97 Å². The van der Waals surface area contributed by atoms with Crippen molar-refractivity contribution in [2.24, 2.45) is 0 Å². The average molecular weight is 439 g/mol. The number of hydrogen-bond acceptors (Lipinski definition) is 4. The normalized spacial score (nSPS) is 10.2. The van der Waals surface area contributed by atoms with Crippen LogP contribution < -0.4 is 10.6 Å². The smallest absolute Gasteiger partial charge is 0.224 e. The number of halogens is 3. The molecule has 0 fully saturated rings. The molecule has 1 heterocycles. The van der Waals surface area contributed by atoms with E-state index in [4.69, 9.17) is 11.6 Å². The molecule has 0 saturated carbocycles. The second-order valence-electron chi connectivity index (χ2n) is 3.39. The molecule has 4 nitrogen and oxygen atoms in total. The van der Waals surface area contributed by atoms with Gasteiger partial charge >= 0.3 is 0 Å². The summed E-state index contributed by atoms with van der Waals surface area (Å²) in [6.07, 6.45) is 1.56. The summed E-state index contributed by atoms with van der Waals surface area (Å²) >= 11 is 11.8. The minimum atomic E-state index is 0.476. The van der Waals surface area contributed by atoms with Crippen molar-refractivity contribution < 1.29 is 0 Å². The van der Waals surface area contributed by atoms with Gasteiger partial charge in [-0.2, -0.15) is 4.98 Å². The van der Waals surface area contributed by atoms with Gasteiger partial charge in [0.1, 0.15) is 5.02 Å². The summed E-state index contributed by atoms with van der Waals surface area (Å²) in [5.41, 5.74) is 0.907. The Hall–Kier alpha value is -0.600. The van der Waals surface area contributed by atoms with Crippen LogP contribution in [0.2, 0.25) is 5.02 Å². The largest absolute Gasteiger partial charge is 0.357 e. The van der Waals surface area contributed by atoms with Crippen molar-refractivity contribution in [2.75, 3.05) is 17.7 Å². The molecule has 0 atom stereocenters. The third kappa shape index (κ3) is 3.24. The number of hydrogen-bond donors (Lipinski definition) is 2. The van der Waals surface area contributed by atoms with Crippen LogP contribution in [0.1, 0.15) is 0 Å². The van der Waals surface area contributed by atoms with Crippen molar-refractivity contribution in [3.63, 3.8) is 0 Å². The first kappa shape index (κ1) is 13.8. The Balaban J connectivity index is 2.30. The molecule has 0 aliphatic carbocycles. The molecule has 1 aromatic heterocycles. The quantitative estimate of drug-likeness (QED) is 0.701. The Bertz CT molecular complexity index is 579. The van der Waals surface area contributed by atoms with Crippen molar-refractivity contribution in [3.8, 4) is 0 Å². The van der Waals surface area contributed by atoms with E-state index in [9.17, 15) is 0 Å². The van der Waals surface area contributed by atoms with Gasteiger partial charge in [0.05, 0.1) is 6.20 Å². The van der Waals surface area contributed by atoms with E-state index in [1.54, 1.807) is 13.2 Å². The van der Waals surface area contributed by atoms with E-state index >= 15 is 0 Å². The molecule has 2 aromatic rings. The van der Waals surface area contributed by atoms with Crippen molar-refractivity contribution in [1.29, 1.82) is 0 Å². The fraction of sp³-hybridized carbons (Fsp3) is 0.0909. The van der Waals surface area contributed by atoms with Gasteiger partial charge in [0.15, 0.2) is 5.82 Å². The van der Waals surface area contributed by atoms with Gasteiger partial charge in [0.25, 0.3) is 0 Å². The van der Waals surface area contributed by atoms with Gasteiger partial charge in [0.2, 0.25) is 5.95 Å². The number of nitrogens with zero attached hydrogens (tertiary/aromatic N) is 2. The molecule has 0 aliphatic heterocycles. The van der Waals surface area contributed by atoms with Crippen LogP contribution in [0, 0.1) is 3.57 Å². The van der Waals surface area contributed by atoms with Gasteiger partial charge in [-0.05, 0) is 56.7 Å². The molecule has 94 valence electrons. The van der Waals surface area contributed by atoms with Gasteiger partial charge in [-0.1, -0.05) is 11.6 Å². The second kappa shape index (κ2) is 6.03. The minimum absolute atomic E-state index is 0.476. The Morgan fingerprint density at radius 1 is 1.39 bits per heavy atom. The standard InChI is InChI=1S/C11H9BrClIN4/c1-15-11-16-5-8(13)10(18-11)17-6-2-3-9(14)7(12)4-6/h2-5H,1H3,(H2,15,16,17,18). The topological polar surface area (TPSA) is 49.8 Å². The Labute approximate surface area is 132 Å². The van der Waals surface area contributed by atoms with Crippen LogP contribution >= 0.6 is 50.1 Å². The first-order valence-corrected chi connectivity index (χ1v) is 7.27. The fourth-order valence-electron chi connectivity index (χ4n) is 1.29. The molecule has 0 saturated heterocycles. The highest BCUT2D eigenvalue weighted by atomic mass is 127. The molecule has 7 heteroatoms. The van der Waals surface area contributed by atoms with E-state index in [2.05, 4.69) is 59.1 Å². The first-order chi connectivity index (χ1) is 8.60. The first-order valence-electron chi connectivity index (χ1n) is 5.02. The molecule has 0 aliphatic rings. The summed E-state index contributed by atoms with van der Waals surface area (Å²) in [7, 11) is 1.76. The Morgan fingerprint density at radius 2 is 2.17 bits per heavy atom. The van der Waals surface area contributed by atoms with E-state index in [1.165, 1.54) is 0 Å². The van der Waals surface area contributed by atoms with Crippen LogP contribution in [-0.4, -0.2) is 17.0 Å². The zero-order valence-corrected chi connectivity index (χ0v) is 13.8. The number of benzene rings is 1. The van der Waals surface area contributed by atoms with Gasteiger partial charge < -0.3 is 10.6 Å². The summed E-state index contributed by atoms with van der Waals surface area (Å²) in [5.74, 6) is 1.09. The summed E-state index contributed by atoms with van der Waals surface area (Å²) < 4.78 is 2.16. The molecule has 1 aromatic carbocycles. The zero-order chi connectivity index (χ0) is 13.1. The maximum Gasteiger partial charge on any atom is 0.224 e. The maximum atomic E-state index is 6.05. The predicted molar refractivity (Wildman–Crippen MR) is 86.7 cm³/mol. The maximum absolute atomic E-state index is 6.05. The third-order valence-electron chi connectivity index (χ3n) is 2.15. The molecule has 0 radical (unpaired) electrons. The molecular weight excluding hydrogens is 430 g/mol. The van der Waals surface area contributed by atoms with Crippen molar-refractivity contribution >= 4 is 67.6 Å². The molecule has 0 amide bonds. The summed E-state index contributed by atoms with van der Waals surface area (Å²) in [6, 6.07) is 5.93. The van der Waals surface area contributed by atoms with Gasteiger partial charge in [-0.3, -0.25) is 0 Å². The lowest BCUT2D eigenvalue weighted by molar-refractivity contribution is 1.15. The Morgan fingerprint density at radius 3 is 2.83 bits per heavy atom. The lowest BCUT2D eigenvalue weighted by Gasteiger charge is -2.09. The zero-order valence-electron chi connectivity index (χ0n) is 9.34. The third-order valence-corrected chi connectivity index (χ3v) is 4.76. The fourth-order valence-corrected chi connectivity index (χ4v) is 2.14. The predicted octanol–water partition coefficient (Wildman–Crippen LogP) is 4.28. The van der Waals surface area contributed by atoms with Crippen LogP contribution in [0.25, 0.3) is 0 Å². The van der Waals surface area contributed by atoms with Gasteiger partial charge in [-0.25, -0.2) is 4.98 Å². The van der Waals surface area contributed by atoms with E-state index in [1.807, 2.05) is 18.2 Å². The molecule has 18 heavy (non-hydrogen) atoms. The van der Waals surface area contributed by atoms with Crippen LogP contribution in [-0.2, 0) is 0 Å². The van der Waals surface area contributed by atoms with E-state index in [-0.39, 0.29) is 0 Å². The highest BCUT2D eigenvalue weighted by Crippen LogP contribution is 2.27. The van der Waals surface area contributed by atoms with Crippen molar-refractivity contribution in [2.45, 2.75) is 0 Å².